The Labute approximate surface area is 203 Å². The van der Waals surface area contributed by atoms with E-state index in [1.54, 1.807) is 23.5 Å². The molecule has 174 valence electrons. The molecule has 1 aromatic heterocycles. The Hall–Kier alpha value is -3.22. The fraction of sp³-hybridized carbons (Fsp3) is 0.286. The van der Waals surface area contributed by atoms with E-state index in [1.807, 2.05) is 18.2 Å². The molecule has 4 aromatic rings. The number of carbonyl (C=O) groups is 1. The topological polar surface area (TPSA) is 68.7 Å². The van der Waals surface area contributed by atoms with Gasteiger partial charge in [-0.05, 0) is 71.5 Å². The zero-order chi connectivity index (χ0) is 23.3. The summed E-state index contributed by atoms with van der Waals surface area (Å²) in [5.74, 6) is 0.591. The van der Waals surface area contributed by atoms with Crippen LogP contribution in [0.4, 0.5) is 0 Å². The highest BCUT2D eigenvalue weighted by Gasteiger charge is 2.22. The van der Waals surface area contributed by atoms with E-state index in [0.29, 0.717) is 31.3 Å². The molecule has 0 bridgehead atoms. The van der Waals surface area contributed by atoms with Gasteiger partial charge in [0.1, 0.15) is 17.4 Å². The molecule has 6 heteroatoms. The summed E-state index contributed by atoms with van der Waals surface area (Å²) < 4.78 is 11.9. The quantitative estimate of drug-likeness (QED) is 0.263. The zero-order valence-corrected chi connectivity index (χ0v) is 19.7. The van der Waals surface area contributed by atoms with Crippen LogP contribution in [0.1, 0.15) is 57.4 Å². The molecular weight excluding hydrogens is 446 g/mol. The van der Waals surface area contributed by atoms with Crippen molar-refractivity contribution in [2.75, 3.05) is 6.61 Å². The third kappa shape index (κ3) is 5.46. The summed E-state index contributed by atoms with van der Waals surface area (Å²) in [7, 11) is 0. The molecule has 0 spiro atoms. The predicted octanol–water partition coefficient (Wildman–Crippen LogP) is 6.60. The molecular formula is C28H27NO4S. The van der Waals surface area contributed by atoms with Crippen molar-refractivity contribution in [2.45, 2.75) is 44.8 Å². The van der Waals surface area contributed by atoms with E-state index >= 15 is 0 Å². The molecule has 0 amide bonds. The smallest absolute Gasteiger partial charge is 0.335 e. The fourth-order valence-corrected chi connectivity index (χ4v) is 4.86. The van der Waals surface area contributed by atoms with Crippen molar-refractivity contribution in [3.05, 3.63) is 93.4 Å². The Kier molecular flexibility index (Phi) is 6.88. The van der Waals surface area contributed by atoms with Crippen LogP contribution in [-0.4, -0.2) is 22.7 Å². The maximum absolute atomic E-state index is 10.9. The molecule has 0 unspecified atom stereocenters. The molecule has 34 heavy (non-hydrogen) atoms. The zero-order valence-electron chi connectivity index (χ0n) is 18.9. The van der Waals surface area contributed by atoms with Crippen LogP contribution in [0.25, 0.3) is 10.8 Å². The molecule has 5 nitrogen and oxygen atoms in total. The van der Waals surface area contributed by atoms with E-state index < -0.39 is 5.97 Å². The number of carboxylic acid groups (broad SMARTS) is 1. The van der Waals surface area contributed by atoms with Crippen molar-refractivity contribution in [2.24, 2.45) is 0 Å². The van der Waals surface area contributed by atoms with Crippen LogP contribution in [0.2, 0.25) is 0 Å². The van der Waals surface area contributed by atoms with Crippen molar-refractivity contribution in [3.8, 4) is 5.75 Å². The number of rotatable bonds is 10. The average molecular weight is 474 g/mol. The molecule has 1 aliphatic rings. The first-order chi connectivity index (χ1) is 16.6. The lowest BCUT2D eigenvalue weighted by Crippen LogP contribution is -2.09. The van der Waals surface area contributed by atoms with Crippen LogP contribution in [-0.2, 0) is 24.4 Å². The van der Waals surface area contributed by atoms with E-state index in [9.17, 15) is 4.79 Å². The van der Waals surface area contributed by atoms with Crippen molar-refractivity contribution >= 4 is 28.1 Å². The summed E-state index contributed by atoms with van der Waals surface area (Å²) in [6.45, 7) is 1.60. The lowest BCUT2D eigenvalue weighted by atomic mass is 9.83. The minimum absolute atomic E-state index is 0.300. The molecule has 5 rings (SSSR count). The number of nitrogens with zero attached hydrogens (tertiary/aromatic N) is 1. The number of ether oxygens (including phenoxy) is 2. The Balaban J connectivity index is 1.14. The van der Waals surface area contributed by atoms with Crippen LogP contribution in [0.5, 0.6) is 5.75 Å². The number of fused-ring (bicyclic) bond motifs is 1. The third-order valence-electron chi connectivity index (χ3n) is 6.34. The first-order valence-electron chi connectivity index (χ1n) is 11.6. The van der Waals surface area contributed by atoms with Gasteiger partial charge in [-0.1, -0.05) is 36.8 Å². The molecule has 1 saturated carbocycles. The molecule has 1 heterocycles. The minimum atomic E-state index is -0.908. The molecule has 1 N–H and O–H groups in total. The van der Waals surface area contributed by atoms with E-state index in [-0.39, 0.29) is 0 Å². The number of thiazole rings is 1. The Bertz CT molecular complexity index is 1280. The number of hydrogen-bond acceptors (Lipinski definition) is 5. The average Bonchev–Trinajstić information content (AvgIpc) is 3.27. The van der Waals surface area contributed by atoms with Crippen LogP contribution in [0.3, 0.4) is 0 Å². The number of carboxylic acids is 1. The first-order valence-corrected chi connectivity index (χ1v) is 12.5. The van der Waals surface area contributed by atoms with Gasteiger partial charge in [-0.25, -0.2) is 9.78 Å². The molecule has 0 saturated heterocycles. The van der Waals surface area contributed by atoms with E-state index in [2.05, 4.69) is 35.7 Å². The van der Waals surface area contributed by atoms with Gasteiger partial charge in [-0.3, -0.25) is 0 Å². The number of benzene rings is 3. The highest BCUT2D eigenvalue weighted by molar-refractivity contribution is 7.09. The molecule has 1 fully saturated rings. The molecule has 0 aliphatic heterocycles. The summed E-state index contributed by atoms with van der Waals surface area (Å²) in [6.07, 6.45) is 4.59. The molecule has 1 aliphatic carbocycles. The SMILES string of the molecule is O=C(O)c1ccc(CCOCc2ccc3ccc(OCc4nc(C5CCC5)cs4)cc3c2)cc1. The van der Waals surface area contributed by atoms with Gasteiger partial charge in [0.05, 0.1) is 24.5 Å². The van der Waals surface area contributed by atoms with Gasteiger partial charge in [-0.15, -0.1) is 11.3 Å². The maximum Gasteiger partial charge on any atom is 0.335 e. The summed E-state index contributed by atoms with van der Waals surface area (Å²) in [5, 5.41) is 14.5. The van der Waals surface area contributed by atoms with Crippen LogP contribution in [0.15, 0.2) is 66.0 Å². The van der Waals surface area contributed by atoms with Gasteiger partial charge < -0.3 is 14.6 Å². The number of aromatic nitrogens is 1. The third-order valence-corrected chi connectivity index (χ3v) is 7.18. The van der Waals surface area contributed by atoms with Crippen molar-refractivity contribution in [3.63, 3.8) is 0 Å². The second-order valence-corrected chi connectivity index (χ2v) is 9.67. The van der Waals surface area contributed by atoms with E-state index in [0.717, 1.165) is 39.1 Å². The summed E-state index contributed by atoms with van der Waals surface area (Å²) in [4.78, 5) is 15.7. The Morgan fingerprint density at radius 2 is 1.76 bits per heavy atom. The highest BCUT2D eigenvalue weighted by Crippen LogP contribution is 2.36. The highest BCUT2D eigenvalue weighted by atomic mass is 32.1. The van der Waals surface area contributed by atoms with Gasteiger partial charge in [-0.2, -0.15) is 0 Å². The molecule has 0 radical (unpaired) electrons. The Morgan fingerprint density at radius 3 is 2.53 bits per heavy atom. The Morgan fingerprint density at radius 1 is 0.971 bits per heavy atom. The van der Waals surface area contributed by atoms with Gasteiger partial charge in [0.2, 0.25) is 0 Å². The van der Waals surface area contributed by atoms with Gasteiger partial charge in [0, 0.05) is 11.3 Å². The lowest BCUT2D eigenvalue weighted by molar-refractivity contribution is 0.0697. The summed E-state index contributed by atoms with van der Waals surface area (Å²) in [6, 6.07) is 19.4. The standard InChI is InChI=1S/C28H27NO4S/c30-28(31)23-8-4-19(5-9-23)12-13-32-16-20-6-7-21-10-11-25(15-24(21)14-20)33-17-27-29-26(18-34-27)22-2-1-3-22/h4-11,14-15,18,22H,1-3,12-13,16-17H2,(H,30,31). The van der Waals surface area contributed by atoms with Gasteiger partial charge in [0.25, 0.3) is 0 Å². The monoisotopic (exact) mass is 473 g/mol. The number of aromatic carboxylic acids is 1. The number of hydrogen-bond donors (Lipinski definition) is 1. The largest absolute Gasteiger partial charge is 0.486 e. The van der Waals surface area contributed by atoms with E-state index in [4.69, 9.17) is 19.6 Å². The molecule has 0 atom stereocenters. The van der Waals surface area contributed by atoms with Crippen molar-refractivity contribution < 1.29 is 19.4 Å². The first kappa shape index (κ1) is 22.6. The van der Waals surface area contributed by atoms with Gasteiger partial charge >= 0.3 is 5.97 Å². The second kappa shape index (κ2) is 10.4. The fourth-order valence-electron chi connectivity index (χ4n) is 4.08. The van der Waals surface area contributed by atoms with Crippen molar-refractivity contribution in [1.82, 2.24) is 4.98 Å². The summed E-state index contributed by atoms with van der Waals surface area (Å²) >= 11 is 1.69. The lowest BCUT2D eigenvalue weighted by Gasteiger charge is -2.22. The van der Waals surface area contributed by atoms with Crippen LogP contribution >= 0.6 is 11.3 Å². The normalized spacial score (nSPS) is 13.6. The molecule has 3 aromatic carbocycles. The predicted molar refractivity (Wildman–Crippen MR) is 134 cm³/mol. The van der Waals surface area contributed by atoms with Crippen LogP contribution in [0, 0.1) is 0 Å². The van der Waals surface area contributed by atoms with Crippen molar-refractivity contribution in [1.29, 1.82) is 0 Å². The maximum atomic E-state index is 10.9. The van der Waals surface area contributed by atoms with E-state index in [1.165, 1.54) is 25.0 Å². The summed E-state index contributed by atoms with van der Waals surface area (Å²) in [5.41, 5.74) is 3.70. The minimum Gasteiger partial charge on any atom is -0.486 e. The second-order valence-electron chi connectivity index (χ2n) is 8.73. The van der Waals surface area contributed by atoms with Gasteiger partial charge in [0.15, 0.2) is 0 Å². The van der Waals surface area contributed by atoms with Crippen LogP contribution < -0.4 is 4.74 Å².